The van der Waals surface area contributed by atoms with Crippen LogP contribution in [0.1, 0.15) is 27.9 Å². The normalized spacial score (nSPS) is 12.5. The third kappa shape index (κ3) is 5.63. The van der Waals surface area contributed by atoms with Gasteiger partial charge in [-0.05, 0) is 42.0 Å². The van der Waals surface area contributed by atoms with Crippen molar-refractivity contribution in [2.45, 2.75) is 11.8 Å². The number of amides is 1. The lowest BCUT2D eigenvalue weighted by molar-refractivity contribution is 0.0905. The predicted octanol–water partition coefficient (Wildman–Crippen LogP) is 2.40. The Hall–Kier alpha value is -2.75. The number of nitrogens with one attached hydrogen (secondary N) is 1. The number of hydrogen-bond acceptors (Lipinski definition) is 7. The van der Waals surface area contributed by atoms with E-state index in [-0.39, 0.29) is 17.5 Å². The number of hydrogen-bond donors (Lipinski definition) is 2. The number of carbonyl (C=O) groups excluding carboxylic acids is 1. The molecule has 1 amide bonds. The molecule has 0 saturated heterocycles. The van der Waals surface area contributed by atoms with Crippen LogP contribution < -0.4 is 5.32 Å². The Kier molecular flexibility index (Phi) is 6.31. The van der Waals surface area contributed by atoms with E-state index in [0.717, 1.165) is 0 Å². The van der Waals surface area contributed by atoms with Crippen molar-refractivity contribution in [1.29, 1.82) is 0 Å². The minimum absolute atomic E-state index is 0.0463. The molecule has 29 heavy (non-hydrogen) atoms. The fraction of sp³-hybridized carbons (Fsp3) is 0.211. The summed E-state index contributed by atoms with van der Waals surface area (Å²) < 4.78 is 28.3. The zero-order chi connectivity index (χ0) is 21.0. The second-order valence-electron chi connectivity index (χ2n) is 6.43. The van der Waals surface area contributed by atoms with Crippen molar-refractivity contribution in [3.8, 4) is 11.5 Å². The van der Waals surface area contributed by atoms with E-state index in [0.29, 0.717) is 21.7 Å². The summed E-state index contributed by atoms with van der Waals surface area (Å²) in [6.07, 6.45) is 1.17. The van der Waals surface area contributed by atoms with Gasteiger partial charge in [0.15, 0.2) is 9.84 Å². The van der Waals surface area contributed by atoms with E-state index in [2.05, 4.69) is 15.5 Å². The Morgan fingerprint density at radius 2 is 1.79 bits per heavy atom. The number of aliphatic hydroxyl groups excluding tert-OH is 1. The monoisotopic (exact) mass is 435 g/mol. The van der Waals surface area contributed by atoms with Crippen LogP contribution in [-0.2, 0) is 15.6 Å². The van der Waals surface area contributed by atoms with Crippen molar-refractivity contribution in [3.63, 3.8) is 0 Å². The summed E-state index contributed by atoms with van der Waals surface area (Å²) >= 11 is 5.81. The highest BCUT2D eigenvalue weighted by atomic mass is 35.5. The lowest BCUT2D eigenvalue weighted by Gasteiger charge is -2.12. The molecule has 0 aliphatic rings. The van der Waals surface area contributed by atoms with Crippen molar-refractivity contribution >= 4 is 27.3 Å². The van der Waals surface area contributed by atoms with Crippen LogP contribution in [0, 0.1) is 0 Å². The second kappa shape index (κ2) is 8.73. The van der Waals surface area contributed by atoms with Crippen molar-refractivity contribution in [2.75, 3.05) is 12.9 Å². The first-order chi connectivity index (χ1) is 13.7. The van der Waals surface area contributed by atoms with Crippen LogP contribution in [0.5, 0.6) is 0 Å². The summed E-state index contributed by atoms with van der Waals surface area (Å²) in [6, 6.07) is 12.1. The maximum absolute atomic E-state index is 12.3. The Balaban J connectivity index is 1.73. The van der Waals surface area contributed by atoms with Gasteiger partial charge in [0.2, 0.25) is 11.8 Å². The van der Waals surface area contributed by atoms with Crippen LogP contribution in [0.4, 0.5) is 0 Å². The van der Waals surface area contributed by atoms with E-state index >= 15 is 0 Å². The molecule has 0 fully saturated rings. The van der Waals surface area contributed by atoms with Gasteiger partial charge in [-0.15, -0.1) is 10.2 Å². The molecule has 1 heterocycles. The van der Waals surface area contributed by atoms with Gasteiger partial charge in [0.25, 0.3) is 5.91 Å². The van der Waals surface area contributed by atoms with Gasteiger partial charge in [-0.25, -0.2) is 8.42 Å². The van der Waals surface area contributed by atoms with Gasteiger partial charge in [-0.1, -0.05) is 23.7 Å². The Morgan fingerprint density at radius 1 is 1.14 bits per heavy atom. The standard InChI is InChI=1S/C19H18ClN3O5S/c1-29(26,27)11-12-2-4-14(5-3-12)18-22-23-19(28-18)16(10-24)21-17(25)13-6-8-15(20)9-7-13/h2-9,16,24H,10-11H2,1H3,(H,21,25)/t16-/m0/s1. The van der Waals surface area contributed by atoms with Crippen molar-refractivity contribution in [1.82, 2.24) is 15.5 Å². The first-order valence-electron chi connectivity index (χ1n) is 8.53. The van der Waals surface area contributed by atoms with Gasteiger partial charge in [0.1, 0.15) is 6.04 Å². The van der Waals surface area contributed by atoms with Crippen LogP contribution in [0.25, 0.3) is 11.5 Å². The highest BCUT2D eigenvalue weighted by Crippen LogP contribution is 2.22. The fourth-order valence-corrected chi connectivity index (χ4v) is 3.49. The summed E-state index contributed by atoms with van der Waals surface area (Å²) in [5, 5.41) is 20.6. The lowest BCUT2D eigenvalue weighted by atomic mass is 10.1. The van der Waals surface area contributed by atoms with Gasteiger partial charge in [-0.3, -0.25) is 4.79 Å². The van der Waals surface area contributed by atoms with Gasteiger partial charge in [-0.2, -0.15) is 0 Å². The number of aromatic nitrogens is 2. The Bertz CT molecular complexity index is 1100. The minimum atomic E-state index is -3.13. The van der Waals surface area contributed by atoms with Gasteiger partial charge in [0, 0.05) is 22.4 Å². The van der Waals surface area contributed by atoms with Crippen LogP contribution in [0.15, 0.2) is 52.9 Å². The van der Waals surface area contributed by atoms with Gasteiger partial charge >= 0.3 is 0 Å². The molecule has 8 nitrogen and oxygen atoms in total. The maximum Gasteiger partial charge on any atom is 0.251 e. The van der Waals surface area contributed by atoms with Gasteiger partial charge in [0.05, 0.1) is 12.4 Å². The van der Waals surface area contributed by atoms with Crippen molar-refractivity contribution in [3.05, 3.63) is 70.6 Å². The van der Waals surface area contributed by atoms with Gasteiger partial charge < -0.3 is 14.8 Å². The van der Waals surface area contributed by atoms with E-state index in [1.165, 1.54) is 6.26 Å². The summed E-state index contributed by atoms with van der Waals surface area (Å²) in [6.45, 7) is -0.436. The molecular weight excluding hydrogens is 418 g/mol. The van der Waals surface area contributed by atoms with E-state index < -0.39 is 28.4 Å². The number of nitrogens with zero attached hydrogens (tertiary/aromatic N) is 2. The predicted molar refractivity (Wildman–Crippen MR) is 107 cm³/mol. The zero-order valence-corrected chi connectivity index (χ0v) is 16.9. The molecular formula is C19H18ClN3O5S. The molecule has 3 rings (SSSR count). The number of sulfone groups is 1. The van der Waals surface area contributed by atoms with E-state index in [1.807, 2.05) is 0 Å². The molecule has 0 aliphatic carbocycles. The first-order valence-corrected chi connectivity index (χ1v) is 11.0. The third-order valence-electron chi connectivity index (χ3n) is 3.96. The van der Waals surface area contributed by atoms with Crippen LogP contribution in [0.2, 0.25) is 5.02 Å². The molecule has 0 aliphatic heterocycles. The molecule has 0 spiro atoms. The molecule has 1 aromatic heterocycles. The number of aliphatic hydroxyl groups is 1. The molecule has 1 atom stereocenters. The summed E-state index contributed by atoms with van der Waals surface area (Å²) in [5.41, 5.74) is 1.59. The van der Waals surface area contributed by atoms with Crippen molar-refractivity contribution < 1.29 is 22.7 Å². The van der Waals surface area contributed by atoms with Crippen molar-refractivity contribution in [2.24, 2.45) is 0 Å². The maximum atomic E-state index is 12.3. The summed E-state index contributed by atoms with van der Waals surface area (Å²) in [4.78, 5) is 12.3. The average molecular weight is 436 g/mol. The topological polar surface area (TPSA) is 122 Å². The SMILES string of the molecule is CS(=O)(=O)Cc1ccc(-c2nnc([C@H](CO)NC(=O)c3ccc(Cl)cc3)o2)cc1. The average Bonchev–Trinajstić information content (AvgIpc) is 3.15. The minimum Gasteiger partial charge on any atom is -0.418 e. The summed E-state index contributed by atoms with van der Waals surface area (Å²) in [7, 11) is -3.13. The molecule has 2 N–H and O–H groups in total. The fourth-order valence-electron chi connectivity index (χ4n) is 2.57. The Labute approximate surface area is 172 Å². The molecule has 0 bridgehead atoms. The van der Waals surface area contributed by atoms with Crippen LogP contribution in [0.3, 0.4) is 0 Å². The first kappa shape index (κ1) is 21.0. The highest BCUT2D eigenvalue weighted by molar-refractivity contribution is 7.89. The summed E-state index contributed by atoms with van der Waals surface area (Å²) in [5.74, 6) is -0.258. The highest BCUT2D eigenvalue weighted by Gasteiger charge is 2.21. The zero-order valence-electron chi connectivity index (χ0n) is 15.4. The van der Waals surface area contributed by atoms with E-state index in [9.17, 15) is 18.3 Å². The quantitative estimate of drug-likeness (QED) is 0.584. The molecule has 3 aromatic rings. The molecule has 10 heteroatoms. The number of benzene rings is 2. The third-order valence-corrected chi connectivity index (χ3v) is 5.07. The number of carbonyl (C=O) groups is 1. The molecule has 0 radical (unpaired) electrons. The number of rotatable bonds is 7. The van der Waals surface area contributed by atoms with E-state index in [1.54, 1.807) is 48.5 Å². The lowest BCUT2D eigenvalue weighted by Crippen LogP contribution is -2.31. The molecule has 0 saturated carbocycles. The smallest absolute Gasteiger partial charge is 0.251 e. The van der Waals surface area contributed by atoms with E-state index in [4.69, 9.17) is 16.0 Å². The second-order valence-corrected chi connectivity index (χ2v) is 9.00. The number of halogens is 1. The molecule has 2 aromatic carbocycles. The molecule has 0 unspecified atom stereocenters. The van der Waals surface area contributed by atoms with Crippen LogP contribution >= 0.6 is 11.6 Å². The largest absolute Gasteiger partial charge is 0.418 e. The Morgan fingerprint density at radius 3 is 2.38 bits per heavy atom. The van der Waals surface area contributed by atoms with Crippen LogP contribution in [-0.4, -0.2) is 42.5 Å². The molecule has 152 valence electrons.